The Hall–Kier alpha value is -1.24. The van der Waals surface area contributed by atoms with Crippen molar-refractivity contribution in [2.45, 2.75) is 11.4 Å². The van der Waals surface area contributed by atoms with Crippen molar-refractivity contribution in [3.8, 4) is 0 Å². The van der Waals surface area contributed by atoms with Gasteiger partial charge in [0.2, 0.25) is 10.0 Å². The Bertz CT molecular complexity index is 654. The summed E-state index contributed by atoms with van der Waals surface area (Å²) < 4.78 is 40.0. The van der Waals surface area contributed by atoms with Gasteiger partial charge in [-0.3, -0.25) is 0 Å². The number of nitrogens with one attached hydrogen (secondary N) is 1. The predicted octanol–water partition coefficient (Wildman–Crippen LogP) is 3.07. The quantitative estimate of drug-likeness (QED) is 0.927. The highest BCUT2D eigenvalue weighted by Crippen LogP contribution is 2.15. The number of hydrogen-bond acceptors (Lipinski definition) is 2. The molecule has 0 aliphatic carbocycles. The summed E-state index contributed by atoms with van der Waals surface area (Å²) in [6, 6.07) is 12.0. The monoisotopic (exact) mass is 343 g/mol. The van der Waals surface area contributed by atoms with Crippen molar-refractivity contribution >= 4 is 26.0 Å². The minimum absolute atomic E-state index is 0.124. The molecule has 100 valence electrons. The molecule has 2 aromatic carbocycles. The van der Waals surface area contributed by atoms with E-state index < -0.39 is 10.0 Å². The summed E-state index contributed by atoms with van der Waals surface area (Å²) in [5.74, 6) is -0.348. The molecular formula is C13H11BrFNO2S. The smallest absolute Gasteiger partial charge is 0.207 e. The fourth-order valence-electron chi connectivity index (χ4n) is 1.48. The maximum atomic E-state index is 12.7. The van der Waals surface area contributed by atoms with E-state index in [2.05, 4.69) is 20.7 Å². The molecule has 0 amide bonds. The number of hydrogen-bond donors (Lipinski definition) is 1. The molecule has 1 N–H and O–H groups in total. The van der Waals surface area contributed by atoms with Crippen LogP contribution in [-0.4, -0.2) is 8.42 Å². The molecule has 0 heterocycles. The molecule has 0 atom stereocenters. The van der Waals surface area contributed by atoms with E-state index >= 15 is 0 Å². The predicted molar refractivity (Wildman–Crippen MR) is 74.6 cm³/mol. The average molecular weight is 344 g/mol. The van der Waals surface area contributed by atoms with Gasteiger partial charge in [-0.25, -0.2) is 17.5 Å². The van der Waals surface area contributed by atoms with Crippen LogP contribution < -0.4 is 4.72 Å². The Kier molecular flexibility index (Phi) is 4.34. The maximum Gasteiger partial charge on any atom is 0.240 e. The molecule has 0 unspecified atom stereocenters. The maximum absolute atomic E-state index is 12.7. The van der Waals surface area contributed by atoms with E-state index in [9.17, 15) is 12.8 Å². The fourth-order valence-corrected chi connectivity index (χ4v) is 2.76. The van der Waals surface area contributed by atoms with Gasteiger partial charge in [0.05, 0.1) is 4.90 Å². The number of benzene rings is 2. The summed E-state index contributed by atoms with van der Waals surface area (Å²) >= 11 is 3.24. The Labute approximate surface area is 119 Å². The lowest BCUT2D eigenvalue weighted by atomic mass is 10.2. The van der Waals surface area contributed by atoms with Crippen LogP contribution in [0.2, 0.25) is 0 Å². The lowest BCUT2D eigenvalue weighted by Crippen LogP contribution is -2.23. The van der Waals surface area contributed by atoms with Crippen LogP contribution in [0, 0.1) is 5.82 Å². The minimum Gasteiger partial charge on any atom is -0.207 e. The second-order valence-corrected chi connectivity index (χ2v) is 6.59. The van der Waals surface area contributed by atoms with Crippen LogP contribution in [0.5, 0.6) is 0 Å². The molecule has 3 nitrogen and oxygen atoms in total. The first-order valence-corrected chi connectivity index (χ1v) is 7.75. The van der Waals surface area contributed by atoms with Gasteiger partial charge in [-0.2, -0.15) is 0 Å². The molecule has 0 aromatic heterocycles. The van der Waals surface area contributed by atoms with Crippen LogP contribution in [0.15, 0.2) is 57.9 Å². The third kappa shape index (κ3) is 3.86. The number of sulfonamides is 1. The summed E-state index contributed by atoms with van der Waals surface area (Å²) in [7, 11) is -3.55. The van der Waals surface area contributed by atoms with Crippen molar-refractivity contribution in [2.75, 3.05) is 0 Å². The van der Waals surface area contributed by atoms with E-state index in [0.717, 1.165) is 4.47 Å². The lowest BCUT2D eigenvalue weighted by Gasteiger charge is -2.07. The third-order valence-corrected chi connectivity index (χ3v) is 4.45. The van der Waals surface area contributed by atoms with Crippen molar-refractivity contribution in [3.63, 3.8) is 0 Å². The summed E-state index contributed by atoms with van der Waals surface area (Å²) in [6.07, 6.45) is 0. The Morgan fingerprint density at radius 2 is 1.58 bits per heavy atom. The van der Waals surface area contributed by atoms with Gasteiger partial charge >= 0.3 is 0 Å². The zero-order valence-corrected chi connectivity index (χ0v) is 12.2. The molecule has 0 radical (unpaired) electrons. The molecule has 0 spiro atoms. The van der Waals surface area contributed by atoms with E-state index in [1.54, 1.807) is 24.3 Å². The first kappa shape index (κ1) is 14.2. The van der Waals surface area contributed by atoms with Gasteiger partial charge in [-0.1, -0.05) is 28.1 Å². The van der Waals surface area contributed by atoms with E-state index in [4.69, 9.17) is 0 Å². The van der Waals surface area contributed by atoms with Crippen LogP contribution in [0.1, 0.15) is 5.56 Å². The zero-order chi connectivity index (χ0) is 13.9. The van der Waals surface area contributed by atoms with Crippen molar-refractivity contribution in [1.29, 1.82) is 0 Å². The highest BCUT2D eigenvalue weighted by Gasteiger charge is 2.13. The first-order valence-electron chi connectivity index (χ1n) is 5.47. The van der Waals surface area contributed by atoms with Gasteiger partial charge < -0.3 is 0 Å². The lowest BCUT2D eigenvalue weighted by molar-refractivity contribution is 0.581. The van der Waals surface area contributed by atoms with E-state index in [-0.39, 0.29) is 17.3 Å². The zero-order valence-electron chi connectivity index (χ0n) is 9.81. The standard InChI is InChI=1S/C13H11BrFNO2S/c14-11-3-7-13(8-4-11)19(17,18)16-9-10-1-5-12(15)6-2-10/h1-8,16H,9H2. The second kappa shape index (κ2) is 5.81. The topological polar surface area (TPSA) is 46.2 Å². The second-order valence-electron chi connectivity index (χ2n) is 3.90. The van der Waals surface area contributed by atoms with Crippen molar-refractivity contribution < 1.29 is 12.8 Å². The largest absolute Gasteiger partial charge is 0.240 e. The summed E-state index contributed by atoms with van der Waals surface area (Å²) in [5, 5.41) is 0. The highest BCUT2D eigenvalue weighted by atomic mass is 79.9. The molecule has 19 heavy (non-hydrogen) atoms. The van der Waals surface area contributed by atoms with E-state index in [0.29, 0.717) is 5.56 Å². The first-order chi connectivity index (χ1) is 8.97. The fraction of sp³-hybridized carbons (Fsp3) is 0.0769. The van der Waals surface area contributed by atoms with Crippen molar-refractivity contribution in [1.82, 2.24) is 4.72 Å². The molecule has 0 aliphatic heterocycles. The molecule has 0 fully saturated rings. The number of halogens is 2. The van der Waals surface area contributed by atoms with Crippen LogP contribution in [-0.2, 0) is 16.6 Å². The Balaban J connectivity index is 2.09. The third-order valence-electron chi connectivity index (χ3n) is 2.50. The van der Waals surface area contributed by atoms with Crippen molar-refractivity contribution in [3.05, 3.63) is 64.4 Å². The molecule has 2 aromatic rings. The SMILES string of the molecule is O=S(=O)(NCc1ccc(F)cc1)c1ccc(Br)cc1. The van der Waals surface area contributed by atoms with Crippen LogP contribution in [0.4, 0.5) is 4.39 Å². The molecular weight excluding hydrogens is 333 g/mol. The summed E-state index contributed by atoms with van der Waals surface area (Å²) in [6.45, 7) is 0.124. The van der Waals surface area contributed by atoms with Gasteiger partial charge in [0.25, 0.3) is 0 Å². The average Bonchev–Trinajstić information content (AvgIpc) is 2.39. The molecule has 0 saturated heterocycles. The van der Waals surface area contributed by atoms with E-state index in [1.807, 2.05) is 0 Å². The van der Waals surface area contributed by atoms with Crippen molar-refractivity contribution in [2.24, 2.45) is 0 Å². The molecule has 6 heteroatoms. The molecule has 2 rings (SSSR count). The summed E-state index contributed by atoms with van der Waals surface area (Å²) in [4.78, 5) is 0.192. The van der Waals surface area contributed by atoms with Gasteiger partial charge in [-0.15, -0.1) is 0 Å². The minimum atomic E-state index is -3.55. The van der Waals surface area contributed by atoms with Gasteiger partial charge in [-0.05, 0) is 42.0 Å². The highest BCUT2D eigenvalue weighted by molar-refractivity contribution is 9.10. The Morgan fingerprint density at radius 1 is 1.00 bits per heavy atom. The normalized spacial score (nSPS) is 11.5. The summed E-state index contributed by atoms with van der Waals surface area (Å²) in [5.41, 5.74) is 0.696. The van der Waals surface area contributed by atoms with Gasteiger partial charge in [0.1, 0.15) is 5.82 Å². The molecule has 0 bridgehead atoms. The van der Waals surface area contributed by atoms with Crippen LogP contribution in [0.3, 0.4) is 0 Å². The van der Waals surface area contributed by atoms with Gasteiger partial charge in [0.15, 0.2) is 0 Å². The Morgan fingerprint density at radius 3 is 2.16 bits per heavy atom. The van der Waals surface area contributed by atoms with Gasteiger partial charge in [0, 0.05) is 11.0 Å². The van der Waals surface area contributed by atoms with Crippen LogP contribution in [0.25, 0.3) is 0 Å². The molecule has 0 saturated carbocycles. The van der Waals surface area contributed by atoms with Crippen LogP contribution >= 0.6 is 15.9 Å². The molecule has 0 aliphatic rings. The number of rotatable bonds is 4. The van der Waals surface area contributed by atoms with E-state index in [1.165, 1.54) is 24.3 Å².